The van der Waals surface area contributed by atoms with Gasteiger partial charge >= 0.3 is 0 Å². The van der Waals surface area contributed by atoms with Crippen LogP contribution in [-0.4, -0.2) is 53.6 Å². The van der Waals surface area contributed by atoms with Crippen molar-refractivity contribution < 1.29 is 13.9 Å². The molecule has 3 rings (SSSR count). The Bertz CT molecular complexity index is 679. The lowest BCUT2D eigenvalue weighted by Crippen LogP contribution is -2.49. The Morgan fingerprint density at radius 3 is 2.75 bits per heavy atom. The van der Waals surface area contributed by atoms with Gasteiger partial charge in [-0.1, -0.05) is 6.92 Å². The Morgan fingerprint density at radius 1 is 1.29 bits per heavy atom. The molecule has 1 aliphatic heterocycles. The first-order valence-corrected chi connectivity index (χ1v) is 8.23. The summed E-state index contributed by atoms with van der Waals surface area (Å²) in [6.07, 6.45) is 2.46. The summed E-state index contributed by atoms with van der Waals surface area (Å²) in [5.41, 5.74) is 0. The Morgan fingerprint density at radius 2 is 2.08 bits per heavy atom. The van der Waals surface area contributed by atoms with E-state index in [0.717, 1.165) is 25.3 Å². The summed E-state index contributed by atoms with van der Waals surface area (Å²) >= 11 is 0. The van der Waals surface area contributed by atoms with Crippen LogP contribution in [0.4, 0.5) is 5.82 Å². The van der Waals surface area contributed by atoms with E-state index in [9.17, 15) is 4.79 Å². The Kier molecular flexibility index (Phi) is 4.98. The van der Waals surface area contributed by atoms with Crippen LogP contribution in [-0.2, 0) is 0 Å². The molecule has 0 radical (unpaired) electrons. The van der Waals surface area contributed by atoms with Crippen LogP contribution in [0.2, 0.25) is 0 Å². The van der Waals surface area contributed by atoms with E-state index in [1.54, 1.807) is 17.0 Å². The van der Waals surface area contributed by atoms with Crippen LogP contribution < -0.4 is 9.64 Å². The topological polar surface area (TPSA) is 71.7 Å². The average Bonchev–Trinajstić information content (AvgIpc) is 3.13. The maximum Gasteiger partial charge on any atom is 0.289 e. The first kappa shape index (κ1) is 16.3. The van der Waals surface area contributed by atoms with Gasteiger partial charge < -0.3 is 19.0 Å². The molecule has 24 heavy (non-hydrogen) atoms. The maximum atomic E-state index is 12.3. The zero-order valence-electron chi connectivity index (χ0n) is 14.1. The minimum absolute atomic E-state index is 0.0644. The van der Waals surface area contributed by atoms with Crippen molar-refractivity contribution in [2.75, 3.05) is 37.7 Å². The largest absolute Gasteiger partial charge is 0.478 e. The molecule has 0 bridgehead atoms. The Hall–Kier alpha value is -2.57. The molecule has 1 aliphatic rings. The van der Waals surface area contributed by atoms with Crippen molar-refractivity contribution in [2.45, 2.75) is 20.3 Å². The average molecular weight is 330 g/mol. The Balaban J connectivity index is 1.64. The van der Waals surface area contributed by atoms with Crippen LogP contribution in [0.1, 0.15) is 29.7 Å². The number of amides is 1. The number of aromatic nitrogens is 2. The van der Waals surface area contributed by atoms with Gasteiger partial charge in [0, 0.05) is 32.2 Å². The van der Waals surface area contributed by atoms with E-state index in [2.05, 4.69) is 21.8 Å². The van der Waals surface area contributed by atoms with Crippen molar-refractivity contribution in [2.24, 2.45) is 0 Å². The van der Waals surface area contributed by atoms with Gasteiger partial charge in [-0.3, -0.25) is 4.79 Å². The van der Waals surface area contributed by atoms with Crippen molar-refractivity contribution in [3.05, 3.63) is 36.0 Å². The number of anilines is 1. The van der Waals surface area contributed by atoms with Gasteiger partial charge in [-0.15, -0.1) is 0 Å². The van der Waals surface area contributed by atoms with Gasteiger partial charge in [-0.2, -0.15) is 4.98 Å². The minimum atomic E-state index is -0.0644. The van der Waals surface area contributed by atoms with E-state index >= 15 is 0 Å². The molecule has 2 aromatic heterocycles. The summed E-state index contributed by atoms with van der Waals surface area (Å²) < 4.78 is 10.8. The van der Waals surface area contributed by atoms with E-state index in [4.69, 9.17) is 9.15 Å². The first-order valence-electron chi connectivity index (χ1n) is 8.23. The van der Waals surface area contributed by atoms with Gasteiger partial charge in [0.2, 0.25) is 5.88 Å². The van der Waals surface area contributed by atoms with E-state index in [1.807, 2.05) is 13.0 Å². The second-order valence-corrected chi connectivity index (χ2v) is 5.72. The number of aryl methyl sites for hydroxylation is 1. The number of ether oxygens (including phenoxy) is 1. The van der Waals surface area contributed by atoms with E-state index < -0.39 is 0 Å². The highest BCUT2D eigenvalue weighted by Crippen LogP contribution is 2.20. The molecule has 0 atom stereocenters. The number of hydrogen-bond acceptors (Lipinski definition) is 6. The molecule has 0 aromatic carbocycles. The molecular formula is C17H22N4O3. The van der Waals surface area contributed by atoms with Crippen molar-refractivity contribution >= 4 is 11.7 Å². The van der Waals surface area contributed by atoms with Gasteiger partial charge in [0.15, 0.2) is 5.76 Å². The van der Waals surface area contributed by atoms with E-state index in [1.165, 1.54) is 6.26 Å². The first-order chi connectivity index (χ1) is 11.7. The third-order valence-electron chi connectivity index (χ3n) is 3.88. The summed E-state index contributed by atoms with van der Waals surface area (Å²) in [7, 11) is 0. The van der Waals surface area contributed by atoms with Crippen molar-refractivity contribution in [1.82, 2.24) is 14.9 Å². The van der Waals surface area contributed by atoms with Crippen molar-refractivity contribution in [3.8, 4) is 5.88 Å². The van der Waals surface area contributed by atoms with Crippen LogP contribution in [0.3, 0.4) is 0 Å². The zero-order chi connectivity index (χ0) is 16.9. The predicted molar refractivity (Wildman–Crippen MR) is 89.4 cm³/mol. The standard InChI is InChI=1S/C17H22N4O3/c1-3-10-24-16-12-15(18-13(2)19-16)20-6-8-21(9-7-20)17(22)14-5-4-11-23-14/h4-5,11-12H,3,6-10H2,1-2H3. The summed E-state index contributed by atoms with van der Waals surface area (Å²) in [5.74, 6) is 2.46. The molecule has 1 fully saturated rings. The molecule has 1 saturated heterocycles. The lowest BCUT2D eigenvalue weighted by molar-refractivity contribution is 0.0714. The highest BCUT2D eigenvalue weighted by molar-refractivity contribution is 5.91. The third-order valence-corrected chi connectivity index (χ3v) is 3.88. The molecule has 7 heteroatoms. The number of nitrogens with zero attached hydrogens (tertiary/aromatic N) is 4. The second-order valence-electron chi connectivity index (χ2n) is 5.72. The van der Waals surface area contributed by atoms with Crippen LogP contribution in [0.25, 0.3) is 0 Å². The monoisotopic (exact) mass is 330 g/mol. The molecule has 1 amide bonds. The van der Waals surface area contributed by atoms with E-state index in [-0.39, 0.29) is 5.91 Å². The molecular weight excluding hydrogens is 308 g/mol. The highest BCUT2D eigenvalue weighted by atomic mass is 16.5. The van der Waals surface area contributed by atoms with E-state index in [0.29, 0.717) is 37.2 Å². The summed E-state index contributed by atoms with van der Waals surface area (Å²) in [6.45, 7) is 7.26. The van der Waals surface area contributed by atoms with Gasteiger partial charge in [-0.05, 0) is 25.5 Å². The number of piperazine rings is 1. The number of rotatable bonds is 5. The number of carbonyl (C=O) groups excluding carboxylic acids is 1. The normalized spacial score (nSPS) is 14.8. The van der Waals surface area contributed by atoms with Crippen LogP contribution in [0.5, 0.6) is 5.88 Å². The number of hydrogen-bond donors (Lipinski definition) is 0. The predicted octanol–water partition coefficient (Wildman–Crippen LogP) is 2.13. The summed E-state index contributed by atoms with van der Waals surface area (Å²) in [6, 6.07) is 5.29. The number of furan rings is 1. The molecule has 3 heterocycles. The third kappa shape index (κ3) is 3.67. The molecule has 7 nitrogen and oxygen atoms in total. The molecule has 0 N–H and O–H groups in total. The van der Waals surface area contributed by atoms with Gasteiger partial charge in [0.25, 0.3) is 5.91 Å². The van der Waals surface area contributed by atoms with Crippen LogP contribution in [0.15, 0.2) is 28.9 Å². The molecule has 0 spiro atoms. The fourth-order valence-electron chi connectivity index (χ4n) is 2.66. The molecule has 0 saturated carbocycles. The fourth-order valence-corrected chi connectivity index (χ4v) is 2.66. The van der Waals surface area contributed by atoms with Gasteiger partial charge in [0.1, 0.15) is 11.6 Å². The lowest BCUT2D eigenvalue weighted by atomic mass is 10.3. The quantitative estimate of drug-likeness (QED) is 0.836. The second kappa shape index (κ2) is 7.33. The molecule has 0 aliphatic carbocycles. The smallest absolute Gasteiger partial charge is 0.289 e. The fraction of sp³-hybridized carbons (Fsp3) is 0.471. The SMILES string of the molecule is CCCOc1cc(N2CCN(C(=O)c3ccco3)CC2)nc(C)n1. The van der Waals surface area contributed by atoms with Crippen LogP contribution in [0, 0.1) is 6.92 Å². The van der Waals surface area contributed by atoms with Gasteiger partial charge in [0.05, 0.1) is 12.9 Å². The van der Waals surface area contributed by atoms with Gasteiger partial charge in [-0.25, -0.2) is 4.98 Å². The molecule has 128 valence electrons. The van der Waals surface area contributed by atoms with Crippen molar-refractivity contribution in [3.63, 3.8) is 0 Å². The maximum absolute atomic E-state index is 12.3. The Labute approximate surface area is 141 Å². The lowest BCUT2D eigenvalue weighted by Gasteiger charge is -2.35. The summed E-state index contributed by atoms with van der Waals surface area (Å²) in [5, 5.41) is 0. The zero-order valence-corrected chi connectivity index (χ0v) is 14.1. The van der Waals surface area contributed by atoms with Crippen molar-refractivity contribution in [1.29, 1.82) is 0 Å². The minimum Gasteiger partial charge on any atom is -0.478 e. The highest BCUT2D eigenvalue weighted by Gasteiger charge is 2.24. The molecule has 2 aromatic rings. The number of carbonyl (C=O) groups is 1. The van der Waals surface area contributed by atoms with Crippen LogP contribution >= 0.6 is 0 Å². The molecule has 0 unspecified atom stereocenters. The summed E-state index contributed by atoms with van der Waals surface area (Å²) in [4.78, 5) is 25.1.